The van der Waals surface area contributed by atoms with Crippen LogP contribution in [0.1, 0.15) is 23.7 Å². The molecule has 0 saturated heterocycles. The molecule has 0 fully saturated rings. The zero-order chi connectivity index (χ0) is 15.0. The van der Waals surface area contributed by atoms with Crippen molar-refractivity contribution < 1.29 is 0 Å². The average molecular weight is 301 g/mol. The van der Waals surface area contributed by atoms with Gasteiger partial charge >= 0.3 is 0 Å². The summed E-state index contributed by atoms with van der Waals surface area (Å²) in [6.45, 7) is 5.75. The van der Waals surface area contributed by atoms with Crippen LogP contribution in [0.4, 0.5) is 11.8 Å². The van der Waals surface area contributed by atoms with Crippen LogP contribution in [-0.4, -0.2) is 23.1 Å². The molecule has 1 aliphatic rings. The van der Waals surface area contributed by atoms with Gasteiger partial charge in [-0.25, -0.2) is 4.98 Å². The number of halogens is 1. The van der Waals surface area contributed by atoms with Crippen LogP contribution in [0, 0.1) is 6.92 Å². The maximum atomic E-state index is 5.97. The lowest BCUT2D eigenvalue weighted by atomic mass is 9.98. The number of aromatic nitrogens is 2. The second kappa shape index (κ2) is 5.37. The molecule has 5 heteroatoms. The van der Waals surface area contributed by atoms with E-state index in [0.29, 0.717) is 5.95 Å². The first-order chi connectivity index (χ1) is 10.1. The van der Waals surface area contributed by atoms with Gasteiger partial charge < -0.3 is 10.6 Å². The molecule has 108 valence electrons. The minimum absolute atomic E-state index is 0.327. The Labute approximate surface area is 129 Å². The smallest absolute Gasteiger partial charge is 0.222 e. The first-order valence-corrected chi connectivity index (χ1v) is 7.32. The zero-order valence-corrected chi connectivity index (χ0v) is 12.9. The number of fused-ring (bicyclic) bond motifs is 1. The third-order valence-corrected chi connectivity index (χ3v) is 3.96. The van der Waals surface area contributed by atoms with Gasteiger partial charge in [-0.1, -0.05) is 23.7 Å². The van der Waals surface area contributed by atoms with Crippen molar-refractivity contribution in [3.63, 3.8) is 0 Å². The summed E-state index contributed by atoms with van der Waals surface area (Å²) >= 11 is 5.97. The lowest BCUT2D eigenvalue weighted by Gasteiger charge is -2.30. The quantitative estimate of drug-likeness (QED) is 0.923. The lowest BCUT2D eigenvalue weighted by molar-refractivity contribution is 0.872. The number of benzene rings is 1. The number of likely N-dealkylation sites (N-methyl/N-ethyl adjacent to an activating group) is 1. The third-order valence-electron chi connectivity index (χ3n) is 3.71. The molecule has 0 spiro atoms. The van der Waals surface area contributed by atoms with E-state index in [4.69, 9.17) is 17.3 Å². The van der Waals surface area contributed by atoms with Crippen LogP contribution < -0.4 is 10.6 Å². The second-order valence-corrected chi connectivity index (χ2v) is 5.53. The summed E-state index contributed by atoms with van der Waals surface area (Å²) in [5.41, 5.74) is 10.1. The highest BCUT2D eigenvalue weighted by atomic mass is 35.5. The molecule has 1 aromatic heterocycles. The molecule has 1 aliphatic heterocycles. The van der Waals surface area contributed by atoms with Crippen molar-refractivity contribution in [2.24, 2.45) is 0 Å². The van der Waals surface area contributed by atoms with E-state index in [1.165, 1.54) is 11.1 Å². The van der Waals surface area contributed by atoms with Gasteiger partial charge in [0.05, 0.1) is 5.69 Å². The van der Waals surface area contributed by atoms with E-state index >= 15 is 0 Å². The summed E-state index contributed by atoms with van der Waals surface area (Å²) in [6.07, 6.45) is 2.15. The van der Waals surface area contributed by atoms with Crippen molar-refractivity contribution in [3.05, 3.63) is 46.1 Å². The van der Waals surface area contributed by atoms with Gasteiger partial charge in [0.1, 0.15) is 5.82 Å². The molecule has 2 heterocycles. The van der Waals surface area contributed by atoms with Crippen LogP contribution in [0.15, 0.2) is 24.3 Å². The second-order valence-electron chi connectivity index (χ2n) is 5.10. The van der Waals surface area contributed by atoms with Crippen LogP contribution in [0.5, 0.6) is 0 Å². The van der Waals surface area contributed by atoms with Crippen LogP contribution in [0.3, 0.4) is 0 Å². The Morgan fingerprint density at radius 3 is 2.62 bits per heavy atom. The summed E-state index contributed by atoms with van der Waals surface area (Å²) in [5, 5.41) is 0.746. The Bertz CT molecular complexity index is 707. The molecule has 3 rings (SSSR count). The van der Waals surface area contributed by atoms with Crippen molar-refractivity contribution in [2.75, 3.05) is 23.7 Å². The Morgan fingerprint density at radius 2 is 1.95 bits per heavy atom. The fraction of sp³-hybridized carbons (Fsp3) is 0.250. The van der Waals surface area contributed by atoms with Crippen molar-refractivity contribution in [1.29, 1.82) is 0 Å². The molecule has 0 saturated carbocycles. The van der Waals surface area contributed by atoms with Crippen molar-refractivity contribution in [3.8, 4) is 0 Å². The minimum atomic E-state index is 0.327. The predicted molar refractivity (Wildman–Crippen MR) is 88.4 cm³/mol. The predicted octanol–water partition coefficient (Wildman–Crippen LogP) is 3.40. The molecule has 0 atom stereocenters. The van der Waals surface area contributed by atoms with Crippen LogP contribution >= 0.6 is 11.6 Å². The molecule has 1 aromatic carbocycles. The Hall–Kier alpha value is -2.07. The van der Waals surface area contributed by atoms with Gasteiger partial charge in [-0.3, -0.25) is 0 Å². The molecule has 0 unspecified atom stereocenters. The van der Waals surface area contributed by atoms with Gasteiger partial charge in [-0.2, -0.15) is 4.98 Å². The van der Waals surface area contributed by atoms with E-state index < -0.39 is 0 Å². The molecule has 2 N–H and O–H groups in total. The first kappa shape index (κ1) is 13.9. The van der Waals surface area contributed by atoms with E-state index in [9.17, 15) is 0 Å². The summed E-state index contributed by atoms with van der Waals surface area (Å²) in [4.78, 5) is 10.9. The molecular weight excluding hydrogens is 284 g/mol. The van der Waals surface area contributed by atoms with E-state index in [-0.39, 0.29) is 0 Å². The lowest BCUT2D eigenvalue weighted by Crippen LogP contribution is -2.30. The van der Waals surface area contributed by atoms with Gasteiger partial charge in [0.25, 0.3) is 0 Å². The van der Waals surface area contributed by atoms with Crippen molar-refractivity contribution in [1.82, 2.24) is 9.97 Å². The van der Waals surface area contributed by atoms with E-state index in [1.807, 2.05) is 31.2 Å². The number of aryl methyl sites for hydroxylation is 1. The van der Waals surface area contributed by atoms with E-state index in [1.54, 1.807) is 0 Å². The monoisotopic (exact) mass is 300 g/mol. The number of rotatable bonds is 2. The molecule has 0 aliphatic carbocycles. The van der Waals surface area contributed by atoms with E-state index in [2.05, 4.69) is 27.9 Å². The largest absolute Gasteiger partial charge is 0.368 e. The maximum absolute atomic E-state index is 5.97. The highest BCUT2D eigenvalue weighted by molar-refractivity contribution is 6.30. The van der Waals surface area contributed by atoms with Crippen LogP contribution in [-0.2, 0) is 0 Å². The highest BCUT2D eigenvalue weighted by Gasteiger charge is 2.21. The third kappa shape index (κ3) is 2.59. The highest BCUT2D eigenvalue weighted by Crippen LogP contribution is 2.33. The standard InChI is InChI=1S/C16H17ClN4/c1-3-21-9-12(11-4-6-13(17)7-5-11)8-14-10(2)19-16(18)20-15(14)21/h4-8H,3,9H2,1-2H3,(H2,18,19,20). The Kier molecular flexibility index (Phi) is 3.55. The number of hydrogen-bond donors (Lipinski definition) is 1. The molecule has 0 bridgehead atoms. The SMILES string of the molecule is CCN1CC(c2ccc(Cl)cc2)=Cc2c(C)nc(N)nc21. The summed E-state index contributed by atoms with van der Waals surface area (Å²) < 4.78 is 0. The molecule has 4 nitrogen and oxygen atoms in total. The number of nitrogens with two attached hydrogens (primary N) is 1. The zero-order valence-electron chi connectivity index (χ0n) is 12.1. The number of nitrogen functional groups attached to an aromatic ring is 1. The number of nitrogens with zero attached hydrogens (tertiary/aromatic N) is 3. The maximum Gasteiger partial charge on any atom is 0.222 e. The van der Waals surface area contributed by atoms with Crippen LogP contribution in [0.25, 0.3) is 11.6 Å². The summed E-state index contributed by atoms with van der Waals surface area (Å²) in [5.74, 6) is 1.24. The summed E-state index contributed by atoms with van der Waals surface area (Å²) in [6, 6.07) is 7.91. The Morgan fingerprint density at radius 1 is 1.24 bits per heavy atom. The van der Waals surface area contributed by atoms with Crippen LogP contribution in [0.2, 0.25) is 5.02 Å². The van der Waals surface area contributed by atoms with Crippen molar-refractivity contribution in [2.45, 2.75) is 13.8 Å². The topological polar surface area (TPSA) is 55.0 Å². The fourth-order valence-electron chi connectivity index (χ4n) is 2.60. The molecule has 0 amide bonds. The molecule has 2 aromatic rings. The summed E-state index contributed by atoms with van der Waals surface area (Å²) in [7, 11) is 0. The number of anilines is 2. The molecular formula is C16H17ClN4. The average Bonchev–Trinajstić information content (AvgIpc) is 2.47. The van der Waals surface area contributed by atoms with E-state index in [0.717, 1.165) is 35.2 Å². The van der Waals surface area contributed by atoms with Gasteiger partial charge in [0.2, 0.25) is 5.95 Å². The molecule has 0 radical (unpaired) electrons. The molecule has 21 heavy (non-hydrogen) atoms. The Balaban J connectivity index is 2.12. The normalized spacial score (nSPS) is 13.9. The minimum Gasteiger partial charge on any atom is -0.368 e. The van der Waals surface area contributed by atoms with Gasteiger partial charge in [0.15, 0.2) is 0 Å². The number of hydrogen-bond acceptors (Lipinski definition) is 4. The van der Waals surface area contributed by atoms with Gasteiger partial charge in [-0.05, 0) is 43.2 Å². The van der Waals surface area contributed by atoms with Gasteiger partial charge in [-0.15, -0.1) is 0 Å². The van der Waals surface area contributed by atoms with Gasteiger partial charge in [0, 0.05) is 23.7 Å². The van der Waals surface area contributed by atoms with Crippen molar-refractivity contribution >= 4 is 35.0 Å². The fourth-order valence-corrected chi connectivity index (χ4v) is 2.72. The first-order valence-electron chi connectivity index (χ1n) is 6.94.